The molecule has 2 N–H and O–H groups in total. The number of carbonyl (C=O) groups excluding carboxylic acids is 1. The van der Waals surface area contributed by atoms with E-state index in [-0.39, 0.29) is 12.0 Å². The second-order valence-electron chi connectivity index (χ2n) is 4.83. The van der Waals surface area contributed by atoms with Crippen molar-refractivity contribution in [1.82, 2.24) is 5.32 Å². The molecule has 1 amide bonds. The largest absolute Gasteiger partial charge is 0.393 e. The van der Waals surface area contributed by atoms with Gasteiger partial charge in [-0.05, 0) is 38.7 Å². The highest BCUT2D eigenvalue weighted by molar-refractivity contribution is 5.76. The number of aliphatic hydroxyl groups excluding tert-OH is 1. The maximum atomic E-state index is 11.6. The second kappa shape index (κ2) is 7.88. The molecule has 100 valence electrons. The van der Waals surface area contributed by atoms with Crippen molar-refractivity contribution >= 4 is 5.91 Å². The Morgan fingerprint density at radius 2 is 2.22 bits per heavy atom. The fraction of sp³-hybridized carbons (Fsp3) is 0.533. The van der Waals surface area contributed by atoms with Gasteiger partial charge in [0.25, 0.3) is 0 Å². The summed E-state index contributed by atoms with van der Waals surface area (Å²) in [4.78, 5) is 11.6. The van der Waals surface area contributed by atoms with Crippen LogP contribution in [0.4, 0.5) is 0 Å². The third kappa shape index (κ3) is 6.40. The smallest absolute Gasteiger partial charge is 0.220 e. The number of rotatable bonds is 7. The first-order chi connectivity index (χ1) is 8.58. The van der Waals surface area contributed by atoms with Gasteiger partial charge in [-0.3, -0.25) is 4.79 Å². The van der Waals surface area contributed by atoms with E-state index >= 15 is 0 Å². The summed E-state index contributed by atoms with van der Waals surface area (Å²) >= 11 is 0. The van der Waals surface area contributed by atoms with Crippen molar-refractivity contribution in [2.45, 2.75) is 45.6 Å². The van der Waals surface area contributed by atoms with Crippen molar-refractivity contribution in [3.05, 3.63) is 35.4 Å². The number of carbonyl (C=O) groups is 1. The molecule has 1 unspecified atom stereocenters. The molecule has 1 rings (SSSR count). The topological polar surface area (TPSA) is 49.3 Å². The molecule has 1 atom stereocenters. The molecule has 0 saturated carbocycles. The molecule has 0 aromatic heterocycles. The fourth-order valence-corrected chi connectivity index (χ4v) is 1.84. The molecule has 0 aliphatic carbocycles. The predicted molar refractivity (Wildman–Crippen MR) is 73.4 cm³/mol. The van der Waals surface area contributed by atoms with E-state index < -0.39 is 0 Å². The molecular formula is C15H23NO2. The third-order valence-corrected chi connectivity index (χ3v) is 2.84. The lowest BCUT2D eigenvalue weighted by molar-refractivity contribution is -0.121. The number of benzene rings is 1. The maximum absolute atomic E-state index is 11.6. The molecule has 0 fully saturated rings. The van der Waals surface area contributed by atoms with Crippen LogP contribution in [0.1, 0.15) is 37.3 Å². The van der Waals surface area contributed by atoms with E-state index in [9.17, 15) is 4.79 Å². The lowest BCUT2D eigenvalue weighted by Gasteiger charge is -2.07. The van der Waals surface area contributed by atoms with Crippen molar-refractivity contribution in [2.24, 2.45) is 0 Å². The Kier molecular flexibility index (Phi) is 6.44. The summed E-state index contributed by atoms with van der Waals surface area (Å²) in [6, 6.07) is 8.24. The molecule has 3 heteroatoms. The van der Waals surface area contributed by atoms with Gasteiger partial charge in [0.2, 0.25) is 5.91 Å². The van der Waals surface area contributed by atoms with Gasteiger partial charge in [-0.1, -0.05) is 29.8 Å². The third-order valence-electron chi connectivity index (χ3n) is 2.84. The quantitative estimate of drug-likeness (QED) is 0.728. The molecule has 3 nitrogen and oxygen atoms in total. The summed E-state index contributed by atoms with van der Waals surface area (Å²) in [6.07, 6.45) is 2.59. The van der Waals surface area contributed by atoms with Crippen molar-refractivity contribution in [3.8, 4) is 0 Å². The Labute approximate surface area is 109 Å². The summed E-state index contributed by atoms with van der Waals surface area (Å²) in [5.41, 5.74) is 2.43. The van der Waals surface area contributed by atoms with Crippen LogP contribution in [0.3, 0.4) is 0 Å². The zero-order valence-electron chi connectivity index (χ0n) is 11.3. The number of nitrogens with one attached hydrogen (secondary N) is 1. The van der Waals surface area contributed by atoms with Crippen LogP contribution in [0, 0.1) is 6.92 Å². The molecule has 0 aliphatic rings. The molecule has 0 saturated heterocycles. The summed E-state index contributed by atoms with van der Waals surface area (Å²) in [5.74, 6) is 0.0853. The predicted octanol–water partition coefficient (Wildman–Crippen LogP) is 2.20. The molecule has 0 bridgehead atoms. The minimum absolute atomic E-state index is 0.0853. The van der Waals surface area contributed by atoms with E-state index in [1.807, 2.05) is 12.1 Å². The van der Waals surface area contributed by atoms with E-state index in [1.54, 1.807) is 6.92 Å². The molecular weight excluding hydrogens is 226 g/mol. The molecule has 0 spiro atoms. The van der Waals surface area contributed by atoms with Crippen molar-refractivity contribution in [2.75, 3.05) is 6.54 Å². The maximum Gasteiger partial charge on any atom is 0.220 e. The first-order valence-electron chi connectivity index (χ1n) is 6.58. The van der Waals surface area contributed by atoms with Crippen LogP contribution in [0.25, 0.3) is 0 Å². The van der Waals surface area contributed by atoms with E-state index in [0.717, 1.165) is 19.3 Å². The Morgan fingerprint density at radius 3 is 2.89 bits per heavy atom. The highest BCUT2D eigenvalue weighted by Crippen LogP contribution is 2.06. The highest BCUT2D eigenvalue weighted by atomic mass is 16.3. The van der Waals surface area contributed by atoms with Crippen LogP contribution < -0.4 is 5.32 Å². The van der Waals surface area contributed by atoms with Gasteiger partial charge >= 0.3 is 0 Å². The summed E-state index contributed by atoms with van der Waals surface area (Å²) < 4.78 is 0. The molecule has 1 aromatic rings. The van der Waals surface area contributed by atoms with Crippen molar-refractivity contribution in [3.63, 3.8) is 0 Å². The van der Waals surface area contributed by atoms with Crippen LogP contribution in [0.2, 0.25) is 0 Å². The van der Waals surface area contributed by atoms with Crippen molar-refractivity contribution < 1.29 is 9.90 Å². The van der Waals surface area contributed by atoms with E-state index in [2.05, 4.69) is 24.4 Å². The van der Waals surface area contributed by atoms with Gasteiger partial charge in [-0.15, -0.1) is 0 Å². The monoisotopic (exact) mass is 249 g/mol. The zero-order valence-corrected chi connectivity index (χ0v) is 11.3. The Balaban J connectivity index is 2.17. The Hall–Kier alpha value is -1.35. The Morgan fingerprint density at radius 1 is 1.44 bits per heavy atom. The normalized spacial score (nSPS) is 12.2. The SMILES string of the molecule is Cc1cccc(CCC(=O)NCCCC(C)O)c1. The molecule has 18 heavy (non-hydrogen) atoms. The van der Waals surface area contributed by atoms with Gasteiger partial charge in [0.15, 0.2) is 0 Å². The first-order valence-corrected chi connectivity index (χ1v) is 6.58. The Bertz CT molecular complexity index is 375. The number of hydrogen-bond donors (Lipinski definition) is 2. The standard InChI is InChI=1S/C15H23NO2/c1-12-5-3-7-14(11-12)8-9-15(18)16-10-4-6-13(2)17/h3,5,7,11,13,17H,4,6,8-10H2,1-2H3,(H,16,18). The minimum atomic E-state index is -0.283. The van der Waals surface area contributed by atoms with Gasteiger partial charge in [0.1, 0.15) is 0 Å². The summed E-state index contributed by atoms with van der Waals surface area (Å²) in [5, 5.41) is 12.0. The number of aryl methyl sites for hydroxylation is 2. The lowest BCUT2D eigenvalue weighted by atomic mass is 10.1. The van der Waals surface area contributed by atoms with Crippen molar-refractivity contribution in [1.29, 1.82) is 0 Å². The van der Waals surface area contributed by atoms with Gasteiger partial charge in [-0.2, -0.15) is 0 Å². The van der Waals surface area contributed by atoms with Crippen LogP contribution in [-0.2, 0) is 11.2 Å². The first kappa shape index (κ1) is 14.7. The molecule has 0 aliphatic heterocycles. The molecule has 0 radical (unpaired) electrons. The van der Waals surface area contributed by atoms with E-state index in [4.69, 9.17) is 5.11 Å². The van der Waals surface area contributed by atoms with E-state index in [1.165, 1.54) is 11.1 Å². The molecule has 0 heterocycles. The second-order valence-corrected chi connectivity index (χ2v) is 4.83. The molecule has 1 aromatic carbocycles. The number of aliphatic hydroxyl groups is 1. The van der Waals surface area contributed by atoms with Gasteiger partial charge in [-0.25, -0.2) is 0 Å². The van der Waals surface area contributed by atoms with Gasteiger partial charge in [0, 0.05) is 13.0 Å². The van der Waals surface area contributed by atoms with Crippen LogP contribution in [0.15, 0.2) is 24.3 Å². The zero-order chi connectivity index (χ0) is 13.4. The summed E-state index contributed by atoms with van der Waals surface area (Å²) in [7, 11) is 0. The van der Waals surface area contributed by atoms with Gasteiger partial charge < -0.3 is 10.4 Å². The average molecular weight is 249 g/mol. The summed E-state index contributed by atoms with van der Waals surface area (Å²) in [6.45, 7) is 4.47. The number of hydrogen-bond acceptors (Lipinski definition) is 2. The van der Waals surface area contributed by atoms with Crippen LogP contribution in [-0.4, -0.2) is 23.7 Å². The van der Waals surface area contributed by atoms with Crippen LogP contribution >= 0.6 is 0 Å². The average Bonchev–Trinajstić information content (AvgIpc) is 2.32. The highest BCUT2D eigenvalue weighted by Gasteiger charge is 2.02. The van der Waals surface area contributed by atoms with E-state index in [0.29, 0.717) is 13.0 Å². The number of amides is 1. The van der Waals surface area contributed by atoms with Gasteiger partial charge in [0.05, 0.1) is 6.10 Å². The fourth-order valence-electron chi connectivity index (χ4n) is 1.84. The van der Waals surface area contributed by atoms with Crippen LogP contribution in [0.5, 0.6) is 0 Å². The lowest BCUT2D eigenvalue weighted by Crippen LogP contribution is -2.25. The minimum Gasteiger partial charge on any atom is -0.393 e.